The lowest BCUT2D eigenvalue weighted by molar-refractivity contribution is -0.475. The fourth-order valence-electron chi connectivity index (χ4n) is 2.72. The van der Waals surface area contributed by atoms with Crippen LogP contribution in [0.4, 0.5) is 0 Å². The van der Waals surface area contributed by atoms with Gasteiger partial charge in [0, 0.05) is 19.1 Å². The molecular weight excluding hydrogens is 212 g/mol. The predicted molar refractivity (Wildman–Crippen MR) is 67.8 cm³/mol. The van der Waals surface area contributed by atoms with Crippen LogP contribution in [0.2, 0.25) is 0 Å². The number of allylic oxidation sites excluding steroid dienone is 1. The first-order valence-electron chi connectivity index (χ1n) is 6.33. The third kappa shape index (κ3) is 2.13. The maximum Gasteiger partial charge on any atom is 0.121 e. The summed E-state index contributed by atoms with van der Waals surface area (Å²) in [7, 11) is 0. The molecule has 17 heavy (non-hydrogen) atoms. The molecule has 92 valence electrons. The largest absolute Gasteiger partial charge is 0.379 e. The lowest BCUT2D eigenvalue weighted by Crippen LogP contribution is -2.38. The van der Waals surface area contributed by atoms with Crippen molar-refractivity contribution in [1.82, 2.24) is 4.90 Å². The third-order valence-corrected chi connectivity index (χ3v) is 3.72. The van der Waals surface area contributed by atoms with Gasteiger partial charge in [0.15, 0.2) is 0 Å². The highest BCUT2D eigenvalue weighted by atomic mass is 16.5. The van der Waals surface area contributed by atoms with E-state index in [2.05, 4.69) is 34.8 Å². The smallest absolute Gasteiger partial charge is 0.121 e. The topological polar surface area (TPSA) is 15.5 Å². The van der Waals surface area contributed by atoms with Crippen molar-refractivity contribution in [3.8, 4) is 0 Å². The number of ether oxygens (including phenoxy) is 1. The molecule has 3 nitrogen and oxygen atoms in total. The van der Waals surface area contributed by atoms with Crippen LogP contribution in [0.25, 0.3) is 0 Å². The highest BCUT2D eigenvalue weighted by molar-refractivity contribution is 5.47. The van der Waals surface area contributed by atoms with E-state index in [4.69, 9.17) is 4.74 Å². The fraction of sp³-hybridized carbons (Fsp3) is 0.500. The Bertz CT molecular complexity index is 378. The average Bonchev–Trinajstić information content (AvgIpc) is 2.74. The first-order valence-corrected chi connectivity index (χ1v) is 6.33. The summed E-state index contributed by atoms with van der Waals surface area (Å²) in [6, 6.07) is 1.32. The van der Waals surface area contributed by atoms with Gasteiger partial charge in [-0.3, -0.25) is 0 Å². The van der Waals surface area contributed by atoms with Crippen LogP contribution in [-0.4, -0.2) is 55.6 Å². The van der Waals surface area contributed by atoms with Gasteiger partial charge in [-0.1, -0.05) is 0 Å². The molecule has 3 aliphatic rings. The summed E-state index contributed by atoms with van der Waals surface area (Å²) in [5, 5.41) is 0. The summed E-state index contributed by atoms with van der Waals surface area (Å²) in [5.41, 5.74) is 2.96. The Morgan fingerprint density at radius 2 is 2.29 bits per heavy atom. The number of fused-ring (bicyclic) bond motifs is 1. The summed E-state index contributed by atoms with van der Waals surface area (Å²) in [6.45, 7) is 10.0. The van der Waals surface area contributed by atoms with Gasteiger partial charge < -0.3 is 14.2 Å². The van der Waals surface area contributed by atoms with E-state index < -0.39 is 0 Å². The zero-order valence-corrected chi connectivity index (χ0v) is 10.2. The second-order valence-electron chi connectivity index (χ2n) is 4.82. The van der Waals surface area contributed by atoms with Crippen LogP contribution in [-0.2, 0) is 4.74 Å². The van der Waals surface area contributed by atoms with E-state index in [1.54, 1.807) is 0 Å². The van der Waals surface area contributed by atoms with E-state index in [0.29, 0.717) is 0 Å². The van der Waals surface area contributed by atoms with Crippen LogP contribution in [0, 0.1) is 12.5 Å². The molecule has 0 aromatic carbocycles. The molecule has 2 saturated heterocycles. The third-order valence-electron chi connectivity index (χ3n) is 3.72. The van der Waals surface area contributed by atoms with E-state index in [0.717, 1.165) is 45.8 Å². The van der Waals surface area contributed by atoms with Crippen molar-refractivity contribution in [3.63, 3.8) is 0 Å². The van der Waals surface area contributed by atoms with E-state index >= 15 is 0 Å². The molecule has 2 heterocycles. The highest BCUT2D eigenvalue weighted by Crippen LogP contribution is 2.34. The molecule has 3 heteroatoms. The van der Waals surface area contributed by atoms with Gasteiger partial charge in [-0.25, -0.2) is 18.1 Å². The summed E-state index contributed by atoms with van der Waals surface area (Å²) in [6.07, 6.45) is 7.73. The molecule has 0 unspecified atom stereocenters. The SMILES string of the molecule is C=[N+]1CCC2=C(CN3CCOCC3)[CH-]C=C[C-]21. The molecular formula is C14H19N2O-. The van der Waals surface area contributed by atoms with E-state index in [1.165, 1.54) is 17.2 Å². The Hall–Kier alpha value is -1.19. The van der Waals surface area contributed by atoms with Crippen LogP contribution in [0.5, 0.6) is 0 Å². The molecule has 0 spiro atoms. The number of rotatable bonds is 2. The zero-order valence-electron chi connectivity index (χ0n) is 10.2. The molecule has 2 fully saturated rings. The number of hydrogen-bond acceptors (Lipinski definition) is 2. The number of hydrogen-bond donors (Lipinski definition) is 0. The molecule has 2 aliphatic heterocycles. The average molecular weight is 231 g/mol. The maximum absolute atomic E-state index is 5.39. The molecule has 0 atom stereocenters. The van der Waals surface area contributed by atoms with Crippen LogP contribution in [0.1, 0.15) is 6.42 Å². The van der Waals surface area contributed by atoms with Crippen molar-refractivity contribution >= 4 is 6.72 Å². The van der Waals surface area contributed by atoms with Crippen LogP contribution < -0.4 is 0 Å². The van der Waals surface area contributed by atoms with Crippen molar-refractivity contribution in [3.05, 3.63) is 35.8 Å². The van der Waals surface area contributed by atoms with Gasteiger partial charge in [-0.2, -0.15) is 11.6 Å². The van der Waals surface area contributed by atoms with Gasteiger partial charge in [0.1, 0.15) is 6.54 Å². The second kappa shape index (κ2) is 4.59. The van der Waals surface area contributed by atoms with Crippen LogP contribution in [0.3, 0.4) is 0 Å². The van der Waals surface area contributed by atoms with Crippen molar-refractivity contribution in [2.45, 2.75) is 6.42 Å². The molecule has 0 saturated carbocycles. The first-order chi connectivity index (χ1) is 8.34. The van der Waals surface area contributed by atoms with Crippen molar-refractivity contribution in [2.24, 2.45) is 0 Å². The maximum atomic E-state index is 5.39. The Balaban J connectivity index is 1.73. The van der Waals surface area contributed by atoms with Gasteiger partial charge in [-0.15, -0.1) is 0 Å². The van der Waals surface area contributed by atoms with Crippen molar-refractivity contribution in [2.75, 3.05) is 39.4 Å². The monoisotopic (exact) mass is 231 g/mol. The van der Waals surface area contributed by atoms with E-state index in [1.807, 2.05) is 0 Å². The lowest BCUT2D eigenvalue weighted by Gasteiger charge is -2.36. The zero-order chi connectivity index (χ0) is 11.7. The first kappa shape index (κ1) is 10.9. The molecule has 0 aromatic heterocycles. The molecule has 0 amide bonds. The second-order valence-corrected chi connectivity index (χ2v) is 4.82. The Morgan fingerprint density at radius 3 is 3.12 bits per heavy atom. The lowest BCUT2D eigenvalue weighted by atomic mass is 9.93. The van der Waals surface area contributed by atoms with Crippen LogP contribution in [0.15, 0.2) is 23.3 Å². The van der Waals surface area contributed by atoms with E-state index in [9.17, 15) is 0 Å². The van der Waals surface area contributed by atoms with Crippen molar-refractivity contribution < 1.29 is 9.31 Å². The molecule has 0 N–H and O–H groups in total. The summed E-state index contributed by atoms with van der Waals surface area (Å²) in [4.78, 5) is 2.48. The number of nitrogens with zero attached hydrogens (tertiary/aromatic N) is 2. The van der Waals surface area contributed by atoms with Gasteiger partial charge in [0.05, 0.1) is 19.9 Å². The molecule has 3 rings (SSSR count). The normalized spacial score (nSPS) is 25.2. The molecule has 0 bridgehead atoms. The number of morpholine rings is 1. The van der Waals surface area contributed by atoms with E-state index in [-0.39, 0.29) is 0 Å². The summed E-state index contributed by atoms with van der Waals surface area (Å²) >= 11 is 0. The van der Waals surface area contributed by atoms with Gasteiger partial charge in [0.2, 0.25) is 0 Å². The minimum absolute atomic E-state index is 0.872. The molecule has 0 aromatic rings. The fourth-order valence-corrected chi connectivity index (χ4v) is 2.72. The quantitative estimate of drug-likeness (QED) is 0.521. The Labute approximate surface area is 103 Å². The van der Waals surface area contributed by atoms with Gasteiger partial charge in [0.25, 0.3) is 0 Å². The minimum Gasteiger partial charge on any atom is -0.379 e. The highest BCUT2D eigenvalue weighted by Gasteiger charge is 2.21. The van der Waals surface area contributed by atoms with Gasteiger partial charge in [-0.05, 0) is 13.0 Å². The summed E-state index contributed by atoms with van der Waals surface area (Å²) in [5.74, 6) is 0. The standard InChI is InChI=1S/C14H19N2O/c1-15-6-5-13-12(3-2-4-14(13)15)11-16-7-9-17-10-8-16/h2-4H,1,5-11H2/q-1. The predicted octanol–water partition coefficient (Wildman–Crippen LogP) is 1.04. The van der Waals surface area contributed by atoms with Crippen molar-refractivity contribution in [1.29, 1.82) is 0 Å². The van der Waals surface area contributed by atoms with Crippen LogP contribution >= 0.6 is 0 Å². The minimum atomic E-state index is 0.872. The molecule has 0 radical (unpaired) electrons. The Morgan fingerprint density at radius 1 is 1.47 bits per heavy atom. The molecule has 1 aliphatic carbocycles. The Kier molecular flexibility index (Phi) is 2.95. The van der Waals surface area contributed by atoms with Gasteiger partial charge >= 0.3 is 0 Å². The summed E-state index contributed by atoms with van der Waals surface area (Å²) < 4.78 is 7.50.